The Kier molecular flexibility index (Phi) is 8.10. The van der Waals surface area contributed by atoms with Gasteiger partial charge in [0.1, 0.15) is 23.2 Å². The van der Waals surface area contributed by atoms with Crippen molar-refractivity contribution in [3.63, 3.8) is 0 Å². The molecule has 3 heterocycles. The minimum absolute atomic E-state index is 0.0835. The standard InChI is InChI=1S/C18H19N5O2.C5H11N/c1-2-25-13-5-3-12(4-6-13)22-18-14(8-10-24)17(20)15(11-19)16-7-9-21-23(16)18;1-2-4-6-5-3-1/h3-7,9,22,24H,2,8,10,20H2,1H3;6H,1-5H2. The molecule has 1 saturated heterocycles. The van der Waals surface area contributed by atoms with Gasteiger partial charge in [-0.05, 0) is 63.2 Å². The van der Waals surface area contributed by atoms with Crippen molar-refractivity contribution in [1.82, 2.24) is 14.9 Å². The number of pyridine rings is 1. The van der Waals surface area contributed by atoms with E-state index in [9.17, 15) is 10.4 Å². The predicted molar refractivity (Wildman–Crippen MR) is 123 cm³/mol. The lowest BCUT2D eigenvalue weighted by molar-refractivity contribution is 0.300. The zero-order valence-corrected chi connectivity index (χ0v) is 17.9. The van der Waals surface area contributed by atoms with Crippen LogP contribution in [0.15, 0.2) is 36.5 Å². The lowest BCUT2D eigenvalue weighted by Gasteiger charge is -2.17. The van der Waals surface area contributed by atoms with Crippen LogP contribution in [0.25, 0.3) is 5.52 Å². The number of hydrogen-bond acceptors (Lipinski definition) is 7. The van der Waals surface area contributed by atoms with Gasteiger partial charge in [-0.25, -0.2) is 4.52 Å². The van der Waals surface area contributed by atoms with Gasteiger partial charge < -0.3 is 26.2 Å². The van der Waals surface area contributed by atoms with Gasteiger partial charge >= 0.3 is 0 Å². The molecule has 2 aromatic heterocycles. The van der Waals surface area contributed by atoms with Crippen LogP contribution in [0.5, 0.6) is 5.75 Å². The first-order valence-corrected chi connectivity index (χ1v) is 10.7. The summed E-state index contributed by atoms with van der Waals surface area (Å²) in [4.78, 5) is 0. The number of nitrogens with two attached hydrogens (primary N) is 1. The SMILES string of the molecule is C1CCNCC1.CCOc1ccc(Nc2c(CCO)c(N)c(C#N)c3ccnn23)cc1. The Morgan fingerprint density at radius 3 is 2.52 bits per heavy atom. The highest BCUT2D eigenvalue weighted by Gasteiger charge is 2.18. The van der Waals surface area contributed by atoms with Crippen LogP contribution in [0.3, 0.4) is 0 Å². The quantitative estimate of drug-likeness (QED) is 0.481. The maximum atomic E-state index is 9.42. The van der Waals surface area contributed by atoms with Crippen molar-refractivity contribution in [3.8, 4) is 11.8 Å². The average Bonchev–Trinajstić information content (AvgIpc) is 3.29. The summed E-state index contributed by atoms with van der Waals surface area (Å²) in [6.07, 6.45) is 6.14. The number of piperidine rings is 1. The summed E-state index contributed by atoms with van der Waals surface area (Å²) in [5.74, 6) is 1.42. The molecular weight excluding hydrogens is 392 g/mol. The van der Waals surface area contributed by atoms with E-state index < -0.39 is 0 Å². The average molecular weight is 423 g/mol. The molecule has 0 atom stereocenters. The molecule has 4 rings (SSSR count). The molecule has 1 fully saturated rings. The summed E-state index contributed by atoms with van der Waals surface area (Å²) in [6.45, 7) is 4.95. The number of ether oxygens (including phenoxy) is 1. The van der Waals surface area contributed by atoms with Crippen LogP contribution in [0.4, 0.5) is 17.2 Å². The number of aromatic nitrogens is 2. The molecule has 5 N–H and O–H groups in total. The number of benzene rings is 1. The van der Waals surface area contributed by atoms with Crippen LogP contribution < -0.4 is 21.1 Å². The Bertz CT molecular complexity index is 1010. The van der Waals surface area contributed by atoms with Crippen molar-refractivity contribution < 1.29 is 9.84 Å². The number of rotatable bonds is 6. The Hall–Kier alpha value is -3.28. The van der Waals surface area contributed by atoms with Gasteiger partial charge in [0.05, 0.1) is 24.0 Å². The van der Waals surface area contributed by atoms with Crippen molar-refractivity contribution >= 4 is 22.7 Å². The van der Waals surface area contributed by atoms with Gasteiger partial charge in [-0.1, -0.05) is 6.42 Å². The van der Waals surface area contributed by atoms with Crippen LogP contribution >= 0.6 is 0 Å². The van der Waals surface area contributed by atoms with Gasteiger partial charge in [0.2, 0.25) is 0 Å². The molecule has 8 nitrogen and oxygen atoms in total. The maximum Gasteiger partial charge on any atom is 0.138 e. The third-order valence-corrected chi connectivity index (χ3v) is 5.10. The van der Waals surface area contributed by atoms with E-state index in [1.165, 1.54) is 32.4 Å². The molecule has 0 aliphatic carbocycles. The molecule has 0 amide bonds. The van der Waals surface area contributed by atoms with E-state index in [4.69, 9.17) is 10.5 Å². The number of nitrogens with zero attached hydrogens (tertiary/aromatic N) is 3. The van der Waals surface area contributed by atoms with Gasteiger partial charge in [-0.2, -0.15) is 10.4 Å². The van der Waals surface area contributed by atoms with Crippen LogP contribution in [0.2, 0.25) is 0 Å². The van der Waals surface area contributed by atoms with Gasteiger partial charge in [-0.15, -0.1) is 0 Å². The number of nitrogen functional groups attached to an aromatic ring is 1. The van der Waals surface area contributed by atoms with E-state index in [-0.39, 0.29) is 6.61 Å². The molecule has 0 bridgehead atoms. The second-order valence-corrected chi connectivity index (χ2v) is 7.22. The van der Waals surface area contributed by atoms with Crippen LogP contribution in [-0.4, -0.2) is 41.0 Å². The highest BCUT2D eigenvalue weighted by Crippen LogP contribution is 2.32. The lowest BCUT2D eigenvalue weighted by atomic mass is 10.1. The monoisotopic (exact) mass is 422 g/mol. The summed E-state index contributed by atoms with van der Waals surface area (Å²) < 4.78 is 7.08. The molecule has 164 valence electrons. The normalized spacial score (nSPS) is 13.2. The molecule has 31 heavy (non-hydrogen) atoms. The second kappa shape index (κ2) is 11.2. The molecule has 0 unspecified atom stereocenters. The van der Waals surface area contributed by atoms with Crippen LogP contribution in [0, 0.1) is 11.3 Å². The third kappa shape index (κ3) is 5.45. The number of hydrogen-bond donors (Lipinski definition) is 4. The topological polar surface area (TPSA) is 121 Å². The van der Waals surface area contributed by atoms with Crippen molar-refractivity contribution in [2.45, 2.75) is 32.6 Å². The first-order valence-electron chi connectivity index (χ1n) is 10.7. The number of nitriles is 1. The second-order valence-electron chi connectivity index (χ2n) is 7.22. The fraction of sp³-hybridized carbons (Fsp3) is 0.391. The lowest BCUT2D eigenvalue weighted by Crippen LogP contribution is -2.21. The summed E-state index contributed by atoms with van der Waals surface area (Å²) >= 11 is 0. The highest BCUT2D eigenvalue weighted by atomic mass is 16.5. The predicted octanol–water partition coefficient (Wildman–Crippen LogP) is 3.23. The number of fused-ring (bicyclic) bond motifs is 1. The first kappa shape index (κ1) is 22.4. The van der Waals surface area contributed by atoms with Gasteiger partial charge in [0.25, 0.3) is 0 Å². The molecule has 3 aromatic rings. The summed E-state index contributed by atoms with van der Waals surface area (Å²) in [7, 11) is 0. The van der Waals surface area contributed by atoms with Crippen molar-refractivity contribution in [2.75, 3.05) is 37.4 Å². The van der Waals surface area contributed by atoms with Crippen molar-refractivity contribution in [2.24, 2.45) is 0 Å². The highest BCUT2D eigenvalue weighted by molar-refractivity contribution is 5.81. The van der Waals surface area contributed by atoms with E-state index in [1.807, 2.05) is 31.2 Å². The van der Waals surface area contributed by atoms with Gasteiger partial charge in [0, 0.05) is 24.3 Å². The molecule has 1 aliphatic heterocycles. The zero-order valence-electron chi connectivity index (χ0n) is 17.9. The molecule has 0 saturated carbocycles. The number of nitrogens with one attached hydrogen (secondary N) is 2. The number of aliphatic hydroxyl groups excluding tert-OH is 1. The minimum atomic E-state index is -0.0835. The minimum Gasteiger partial charge on any atom is -0.494 e. The summed E-state index contributed by atoms with van der Waals surface area (Å²) in [6, 6.07) is 11.4. The Morgan fingerprint density at radius 1 is 1.23 bits per heavy atom. The van der Waals surface area contributed by atoms with Gasteiger partial charge in [-0.3, -0.25) is 0 Å². The molecule has 0 radical (unpaired) electrons. The molecule has 8 heteroatoms. The third-order valence-electron chi connectivity index (χ3n) is 5.10. The molecule has 0 spiro atoms. The fourth-order valence-electron chi connectivity index (χ4n) is 3.57. The van der Waals surface area contributed by atoms with Crippen LogP contribution in [-0.2, 0) is 6.42 Å². The van der Waals surface area contributed by atoms with E-state index >= 15 is 0 Å². The Morgan fingerprint density at radius 2 is 1.97 bits per heavy atom. The zero-order chi connectivity index (χ0) is 22.1. The van der Waals surface area contributed by atoms with E-state index in [1.54, 1.807) is 16.8 Å². The number of anilines is 3. The first-order chi connectivity index (χ1) is 15.2. The Balaban J connectivity index is 0.000000391. The molecular formula is C23H30N6O2. The maximum absolute atomic E-state index is 9.42. The van der Waals surface area contributed by atoms with Crippen LogP contribution in [0.1, 0.15) is 37.3 Å². The van der Waals surface area contributed by atoms with Crippen molar-refractivity contribution in [1.29, 1.82) is 5.26 Å². The Labute approximate surface area is 182 Å². The summed E-state index contributed by atoms with van der Waals surface area (Å²) in [5, 5.41) is 29.7. The van der Waals surface area contributed by atoms with E-state index in [2.05, 4.69) is 21.8 Å². The van der Waals surface area contributed by atoms with E-state index in [0.29, 0.717) is 41.2 Å². The summed E-state index contributed by atoms with van der Waals surface area (Å²) in [5.41, 5.74) is 9.01. The smallest absolute Gasteiger partial charge is 0.138 e. The molecule has 1 aliphatic rings. The molecule has 1 aromatic carbocycles. The van der Waals surface area contributed by atoms with Crippen molar-refractivity contribution in [3.05, 3.63) is 47.7 Å². The fourth-order valence-corrected chi connectivity index (χ4v) is 3.57. The van der Waals surface area contributed by atoms with E-state index in [0.717, 1.165) is 11.4 Å². The number of aliphatic hydroxyl groups is 1. The largest absolute Gasteiger partial charge is 0.494 e. The van der Waals surface area contributed by atoms with Gasteiger partial charge in [0.15, 0.2) is 0 Å².